The molecular formula is C13H20N2OS. The molecule has 17 heavy (non-hydrogen) atoms. The summed E-state index contributed by atoms with van der Waals surface area (Å²) < 4.78 is 0. The average molecular weight is 252 g/mol. The maximum Gasteiger partial charge on any atom is 0.223 e. The van der Waals surface area contributed by atoms with Gasteiger partial charge in [0.05, 0.1) is 0 Å². The van der Waals surface area contributed by atoms with Gasteiger partial charge in [-0.05, 0) is 37.6 Å². The number of amides is 1. The van der Waals surface area contributed by atoms with Crippen LogP contribution in [0.25, 0.3) is 0 Å². The van der Waals surface area contributed by atoms with Crippen LogP contribution in [-0.4, -0.2) is 29.4 Å². The van der Waals surface area contributed by atoms with Crippen molar-refractivity contribution in [3.8, 4) is 0 Å². The van der Waals surface area contributed by atoms with Crippen LogP contribution in [0.15, 0.2) is 17.5 Å². The fourth-order valence-electron chi connectivity index (χ4n) is 2.41. The molecule has 0 saturated carbocycles. The second kappa shape index (κ2) is 5.65. The number of likely N-dealkylation sites (tertiary alicyclic amines) is 1. The van der Waals surface area contributed by atoms with Crippen LogP contribution in [0.1, 0.15) is 31.1 Å². The number of carbonyl (C=O) groups is 1. The standard InChI is InChI=1S/C13H20N2OS/c1-10-9-11(14)6-7-15(10)13(16)5-4-12-3-2-8-17-12/h2-3,8,10-11H,4-7,9,14H2,1H3. The van der Waals surface area contributed by atoms with E-state index in [9.17, 15) is 4.79 Å². The summed E-state index contributed by atoms with van der Waals surface area (Å²) in [6.45, 7) is 2.92. The van der Waals surface area contributed by atoms with Crippen LogP contribution in [-0.2, 0) is 11.2 Å². The lowest BCUT2D eigenvalue weighted by Crippen LogP contribution is -2.48. The smallest absolute Gasteiger partial charge is 0.223 e. The summed E-state index contributed by atoms with van der Waals surface area (Å²) in [6.07, 6.45) is 3.37. The van der Waals surface area contributed by atoms with Gasteiger partial charge in [0.1, 0.15) is 0 Å². The predicted molar refractivity (Wildman–Crippen MR) is 71.0 cm³/mol. The summed E-state index contributed by atoms with van der Waals surface area (Å²) in [5, 5.41) is 2.06. The summed E-state index contributed by atoms with van der Waals surface area (Å²) in [5.41, 5.74) is 5.90. The van der Waals surface area contributed by atoms with E-state index in [4.69, 9.17) is 5.73 Å². The van der Waals surface area contributed by atoms with Gasteiger partial charge in [-0.2, -0.15) is 0 Å². The molecule has 0 bridgehead atoms. The van der Waals surface area contributed by atoms with Crippen molar-refractivity contribution in [1.29, 1.82) is 0 Å². The number of hydrogen-bond acceptors (Lipinski definition) is 3. The minimum atomic E-state index is 0.270. The van der Waals surface area contributed by atoms with Crippen LogP contribution in [0.2, 0.25) is 0 Å². The van der Waals surface area contributed by atoms with E-state index in [0.29, 0.717) is 12.5 Å². The Hall–Kier alpha value is -0.870. The molecule has 0 aliphatic carbocycles. The monoisotopic (exact) mass is 252 g/mol. The van der Waals surface area contributed by atoms with E-state index in [2.05, 4.69) is 18.4 Å². The van der Waals surface area contributed by atoms with Crippen molar-refractivity contribution in [2.24, 2.45) is 5.73 Å². The molecule has 1 saturated heterocycles. The highest BCUT2D eigenvalue weighted by Crippen LogP contribution is 2.18. The molecule has 0 radical (unpaired) electrons. The largest absolute Gasteiger partial charge is 0.340 e. The molecule has 2 rings (SSSR count). The van der Waals surface area contributed by atoms with Crippen LogP contribution in [0.3, 0.4) is 0 Å². The number of rotatable bonds is 3. The summed E-state index contributed by atoms with van der Waals surface area (Å²) in [7, 11) is 0. The second-order valence-electron chi connectivity index (χ2n) is 4.80. The number of thiophene rings is 1. The fraction of sp³-hybridized carbons (Fsp3) is 0.615. The van der Waals surface area contributed by atoms with Crippen LogP contribution in [0, 0.1) is 0 Å². The van der Waals surface area contributed by atoms with Gasteiger partial charge in [0.15, 0.2) is 0 Å². The van der Waals surface area contributed by atoms with Crippen molar-refractivity contribution in [3.63, 3.8) is 0 Å². The SMILES string of the molecule is CC1CC(N)CCN1C(=O)CCc1cccs1. The molecule has 2 heterocycles. The first kappa shape index (κ1) is 12.6. The minimum absolute atomic E-state index is 0.270. The van der Waals surface area contributed by atoms with E-state index in [1.807, 2.05) is 11.0 Å². The molecule has 1 aliphatic rings. The second-order valence-corrected chi connectivity index (χ2v) is 5.83. The third-order valence-corrected chi connectivity index (χ3v) is 4.34. The highest BCUT2D eigenvalue weighted by atomic mass is 32.1. The Morgan fingerprint density at radius 3 is 3.12 bits per heavy atom. The Balaban J connectivity index is 1.83. The van der Waals surface area contributed by atoms with Gasteiger partial charge in [-0.15, -0.1) is 11.3 Å². The summed E-state index contributed by atoms with van der Waals surface area (Å²) in [6, 6.07) is 4.70. The molecule has 1 aromatic rings. The van der Waals surface area contributed by atoms with Crippen LogP contribution in [0.5, 0.6) is 0 Å². The maximum absolute atomic E-state index is 12.1. The first-order chi connectivity index (χ1) is 8.16. The maximum atomic E-state index is 12.1. The third kappa shape index (κ3) is 3.30. The van der Waals surface area contributed by atoms with Crippen molar-refractivity contribution in [2.45, 2.75) is 44.7 Å². The number of piperidine rings is 1. The fourth-order valence-corrected chi connectivity index (χ4v) is 3.12. The van der Waals surface area contributed by atoms with Crippen molar-refractivity contribution >= 4 is 17.2 Å². The van der Waals surface area contributed by atoms with E-state index in [-0.39, 0.29) is 11.9 Å². The highest BCUT2D eigenvalue weighted by molar-refractivity contribution is 7.09. The lowest BCUT2D eigenvalue weighted by atomic mass is 9.98. The first-order valence-electron chi connectivity index (χ1n) is 6.24. The van der Waals surface area contributed by atoms with Gasteiger partial charge >= 0.3 is 0 Å². The zero-order chi connectivity index (χ0) is 12.3. The molecule has 94 valence electrons. The van der Waals surface area contributed by atoms with Crippen molar-refractivity contribution in [1.82, 2.24) is 4.90 Å². The molecule has 2 atom stereocenters. The molecule has 0 aromatic carbocycles. The van der Waals surface area contributed by atoms with E-state index in [0.717, 1.165) is 25.8 Å². The number of aryl methyl sites for hydroxylation is 1. The molecule has 3 nitrogen and oxygen atoms in total. The molecule has 2 unspecified atom stereocenters. The number of hydrogen-bond donors (Lipinski definition) is 1. The number of carbonyl (C=O) groups excluding carboxylic acids is 1. The zero-order valence-electron chi connectivity index (χ0n) is 10.3. The van der Waals surface area contributed by atoms with Gasteiger partial charge in [-0.1, -0.05) is 6.07 Å². The van der Waals surface area contributed by atoms with Gasteiger partial charge in [0.2, 0.25) is 5.91 Å². The van der Waals surface area contributed by atoms with Crippen molar-refractivity contribution in [2.75, 3.05) is 6.54 Å². The van der Waals surface area contributed by atoms with Gasteiger partial charge in [-0.25, -0.2) is 0 Å². The Kier molecular flexibility index (Phi) is 4.18. The molecule has 2 N–H and O–H groups in total. The molecule has 1 aromatic heterocycles. The van der Waals surface area contributed by atoms with Crippen LogP contribution < -0.4 is 5.73 Å². The zero-order valence-corrected chi connectivity index (χ0v) is 11.1. The molecule has 4 heteroatoms. The molecule has 1 fully saturated rings. The summed E-state index contributed by atoms with van der Waals surface area (Å²) in [5.74, 6) is 0.276. The average Bonchev–Trinajstić information content (AvgIpc) is 2.78. The van der Waals surface area contributed by atoms with Gasteiger partial charge in [-0.3, -0.25) is 4.79 Å². The van der Waals surface area contributed by atoms with E-state index >= 15 is 0 Å². The van der Waals surface area contributed by atoms with Crippen molar-refractivity contribution in [3.05, 3.63) is 22.4 Å². The van der Waals surface area contributed by atoms with Crippen LogP contribution in [0.4, 0.5) is 0 Å². The quantitative estimate of drug-likeness (QED) is 0.894. The number of nitrogens with two attached hydrogens (primary N) is 1. The summed E-state index contributed by atoms with van der Waals surface area (Å²) >= 11 is 1.72. The molecular weight excluding hydrogens is 232 g/mol. The van der Waals surface area contributed by atoms with E-state index in [1.54, 1.807) is 11.3 Å². The minimum Gasteiger partial charge on any atom is -0.340 e. The highest BCUT2D eigenvalue weighted by Gasteiger charge is 2.26. The van der Waals surface area contributed by atoms with E-state index in [1.165, 1.54) is 4.88 Å². The number of nitrogens with zero attached hydrogens (tertiary/aromatic N) is 1. The van der Waals surface area contributed by atoms with Crippen LogP contribution >= 0.6 is 11.3 Å². The Labute approximate surface area is 107 Å². The predicted octanol–water partition coefficient (Wildman–Crippen LogP) is 2.02. The lowest BCUT2D eigenvalue weighted by molar-refractivity contribution is -0.134. The van der Waals surface area contributed by atoms with Crippen molar-refractivity contribution < 1.29 is 4.79 Å². The Bertz CT molecular complexity index is 364. The third-order valence-electron chi connectivity index (χ3n) is 3.40. The molecule has 1 aliphatic heterocycles. The van der Waals surface area contributed by atoms with E-state index < -0.39 is 0 Å². The van der Waals surface area contributed by atoms with Gasteiger partial charge in [0, 0.05) is 29.9 Å². The first-order valence-corrected chi connectivity index (χ1v) is 7.12. The molecule has 1 amide bonds. The molecule has 0 spiro atoms. The summed E-state index contributed by atoms with van der Waals surface area (Å²) in [4.78, 5) is 15.4. The van der Waals surface area contributed by atoms with Gasteiger partial charge < -0.3 is 10.6 Å². The Morgan fingerprint density at radius 1 is 1.65 bits per heavy atom. The Morgan fingerprint density at radius 2 is 2.47 bits per heavy atom. The normalized spacial score (nSPS) is 24.9. The lowest BCUT2D eigenvalue weighted by Gasteiger charge is -2.36. The topological polar surface area (TPSA) is 46.3 Å². The van der Waals surface area contributed by atoms with Gasteiger partial charge in [0.25, 0.3) is 0 Å².